The molecule has 0 saturated carbocycles. The Morgan fingerprint density at radius 1 is 1.04 bits per heavy atom. The second-order valence-corrected chi connectivity index (χ2v) is 7.84. The zero-order valence-corrected chi connectivity index (χ0v) is 14.8. The van der Waals surface area contributed by atoms with Crippen molar-refractivity contribution in [1.29, 1.82) is 0 Å². The van der Waals surface area contributed by atoms with Crippen molar-refractivity contribution < 1.29 is 24.3 Å². The number of imide groups is 3. The Bertz CT molecular complexity index is 703. The lowest BCUT2D eigenvalue weighted by molar-refractivity contribution is -0.257. The molecular weight excluding hydrogens is 324 g/mol. The average Bonchev–Trinajstić information content (AvgIpc) is 2.76. The summed E-state index contributed by atoms with van der Waals surface area (Å²) in [6, 6.07) is 6.31. The van der Waals surface area contributed by atoms with Crippen LogP contribution in [0.3, 0.4) is 0 Å². The highest BCUT2D eigenvalue weighted by molar-refractivity contribution is 6.28. The zero-order chi connectivity index (χ0) is 18.6. The molecule has 0 spiro atoms. The second kappa shape index (κ2) is 5.64. The third-order valence-corrected chi connectivity index (χ3v) is 4.85. The molecule has 7 nitrogen and oxygen atoms in total. The predicted molar refractivity (Wildman–Crippen MR) is 88.2 cm³/mol. The summed E-state index contributed by atoms with van der Waals surface area (Å²) in [5.41, 5.74) is -0.797. The minimum absolute atomic E-state index is 0.204. The van der Waals surface area contributed by atoms with Gasteiger partial charge in [-0.15, -0.1) is 0 Å². The van der Waals surface area contributed by atoms with E-state index in [1.807, 2.05) is 27.7 Å². The fourth-order valence-corrected chi connectivity index (χ4v) is 3.81. The number of carbonyl (C=O) groups excluding carboxylic acids is 3. The van der Waals surface area contributed by atoms with Crippen LogP contribution in [0.2, 0.25) is 0 Å². The summed E-state index contributed by atoms with van der Waals surface area (Å²) in [7, 11) is 0. The van der Waals surface area contributed by atoms with E-state index in [0.717, 1.165) is 0 Å². The normalized spacial score (nSPS) is 22.8. The molecule has 0 atom stereocenters. The van der Waals surface area contributed by atoms with Crippen molar-refractivity contribution in [3.8, 4) is 0 Å². The van der Waals surface area contributed by atoms with Crippen LogP contribution in [0.15, 0.2) is 24.3 Å². The highest BCUT2D eigenvalue weighted by Gasteiger charge is 2.48. The maximum Gasteiger partial charge on any atom is 0.424 e. The van der Waals surface area contributed by atoms with Gasteiger partial charge in [0.1, 0.15) is 6.10 Å². The van der Waals surface area contributed by atoms with Gasteiger partial charge in [-0.3, -0.25) is 9.59 Å². The molecule has 25 heavy (non-hydrogen) atoms. The molecule has 1 saturated heterocycles. The van der Waals surface area contributed by atoms with Gasteiger partial charge in [0.05, 0.1) is 11.1 Å². The summed E-state index contributed by atoms with van der Waals surface area (Å²) in [5, 5.41) is 11.6. The second-order valence-electron chi connectivity index (χ2n) is 7.84. The quantitative estimate of drug-likeness (QED) is 0.787. The largest absolute Gasteiger partial charge is 0.445 e. The maximum absolute atomic E-state index is 12.5. The van der Waals surface area contributed by atoms with Gasteiger partial charge in [-0.1, -0.05) is 12.1 Å². The first-order valence-corrected chi connectivity index (χ1v) is 8.22. The molecule has 1 aromatic rings. The number of rotatable bonds is 1. The van der Waals surface area contributed by atoms with Gasteiger partial charge in [0.2, 0.25) is 0 Å². The van der Waals surface area contributed by atoms with Crippen LogP contribution in [0, 0.1) is 0 Å². The number of ether oxygens (including phenoxy) is 1. The van der Waals surface area contributed by atoms with Gasteiger partial charge in [-0.05, 0) is 39.8 Å². The zero-order valence-electron chi connectivity index (χ0n) is 14.8. The summed E-state index contributed by atoms with van der Waals surface area (Å²) >= 11 is 0. The van der Waals surface area contributed by atoms with Crippen molar-refractivity contribution in [1.82, 2.24) is 9.96 Å². The molecule has 0 aliphatic carbocycles. The van der Waals surface area contributed by atoms with Crippen LogP contribution >= 0.6 is 0 Å². The Kier molecular flexibility index (Phi) is 3.96. The molecule has 3 rings (SSSR count). The van der Waals surface area contributed by atoms with Crippen LogP contribution in [0.1, 0.15) is 61.3 Å². The molecule has 0 aromatic heterocycles. The van der Waals surface area contributed by atoms with Crippen LogP contribution in [-0.4, -0.2) is 50.3 Å². The number of nitrogens with zero attached hydrogens (tertiary/aromatic N) is 2. The first-order valence-electron chi connectivity index (χ1n) is 8.22. The molecule has 0 bridgehead atoms. The summed E-state index contributed by atoms with van der Waals surface area (Å²) in [5.74, 6) is -1.33. The lowest BCUT2D eigenvalue weighted by Gasteiger charge is -2.50. The van der Waals surface area contributed by atoms with E-state index in [-0.39, 0.29) is 11.1 Å². The third kappa shape index (κ3) is 2.83. The standard InChI is InChI=1S/C18H22N2O5/c1-17(2)9-11(10-18(3,4)20(17)24)25-16(23)19-14(21)12-7-5-6-8-13(12)15(19)22/h5-8,11,24H,9-10H2,1-4H3. The van der Waals surface area contributed by atoms with E-state index >= 15 is 0 Å². The van der Waals surface area contributed by atoms with Gasteiger partial charge in [0.25, 0.3) is 11.8 Å². The van der Waals surface area contributed by atoms with Crippen molar-refractivity contribution in [2.45, 2.75) is 57.7 Å². The van der Waals surface area contributed by atoms with E-state index in [1.165, 1.54) is 17.2 Å². The van der Waals surface area contributed by atoms with E-state index in [4.69, 9.17) is 4.74 Å². The highest BCUT2D eigenvalue weighted by atomic mass is 16.6. The van der Waals surface area contributed by atoms with E-state index in [0.29, 0.717) is 17.7 Å². The highest BCUT2D eigenvalue weighted by Crippen LogP contribution is 2.38. The van der Waals surface area contributed by atoms with Gasteiger partial charge in [-0.25, -0.2) is 4.79 Å². The lowest BCUT2D eigenvalue weighted by Crippen LogP contribution is -2.61. The average molecular weight is 346 g/mol. The molecule has 2 aliphatic heterocycles. The van der Waals surface area contributed by atoms with Crippen molar-refractivity contribution in [2.75, 3.05) is 0 Å². The molecule has 3 amide bonds. The van der Waals surface area contributed by atoms with Crippen LogP contribution < -0.4 is 0 Å². The summed E-state index contributed by atoms with van der Waals surface area (Å²) in [6.45, 7) is 7.38. The smallest absolute Gasteiger partial charge is 0.424 e. The molecule has 1 fully saturated rings. The van der Waals surface area contributed by atoms with Crippen LogP contribution in [0.4, 0.5) is 4.79 Å². The molecule has 0 unspecified atom stereocenters. The van der Waals surface area contributed by atoms with Gasteiger partial charge < -0.3 is 9.94 Å². The Labute approximate surface area is 146 Å². The lowest BCUT2D eigenvalue weighted by atomic mass is 9.80. The van der Waals surface area contributed by atoms with Crippen molar-refractivity contribution in [3.05, 3.63) is 35.4 Å². The van der Waals surface area contributed by atoms with E-state index in [2.05, 4.69) is 0 Å². The number of hydroxylamine groups is 2. The van der Waals surface area contributed by atoms with Crippen LogP contribution in [0.25, 0.3) is 0 Å². The number of carbonyl (C=O) groups is 3. The van der Waals surface area contributed by atoms with Crippen molar-refractivity contribution >= 4 is 17.9 Å². The van der Waals surface area contributed by atoms with Crippen LogP contribution in [-0.2, 0) is 4.74 Å². The number of hydrogen-bond acceptors (Lipinski definition) is 6. The van der Waals surface area contributed by atoms with Gasteiger partial charge in [-0.2, -0.15) is 9.96 Å². The predicted octanol–water partition coefficient (Wildman–Crippen LogP) is 2.83. The summed E-state index contributed by atoms with van der Waals surface area (Å²) < 4.78 is 5.47. The number of amides is 3. The topological polar surface area (TPSA) is 87.2 Å². The first kappa shape index (κ1) is 17.6. The third-order valence-electron chi connectivity index (χ3n) is 4.85. The van der Waals surface area contributed by atoms with Crippen LogP contribution in [0.5, 0.6) is 0 Å². The SMILES string of the molecule is CC1(C)CC(OC(=O)N2C(=O)c3ccccc3C2=O)CC(C)(C)N1O. The Morgan fingerprint density at radius 3 is 1.92 bits per heavy atom. The molecule has 1 aromatic carbocycles. The Balaban J connectivity index is 1.78. The molecular formula is C18H22N2O5. The van der Waals surface area contributed by atoms with Crippen molar-refractivity contribution in [2.24, 2.45) is 0 Å². The number of piperidine rings is 1. The molecule has 0 radical (unpaired) electrons. The Hall–Kier alpha value is -2.25. The Morgan fingerprint density at radius 2 is 1.48 bits per heavy atom. The van der Waals surface area contributed by atoms with E-state index in [1.54, 1.807) is 12.1 Å². The minimum atomic E-state index is -0.964. The van der Waals surface area contributed by atoms with E-state index < -0.39 is 35.1 Å². The number of hydrogen-bond donors (Lipinski definition) is 1. The monoisotopic (exact) mass is 346 g/mol. The molecule has 134 valence electrons. The van der Waals surface area contributed by atoms with Gasteiger partial charge in [0, 0.05) is 23.9 Å². The molecule has 1 N–H and O–H groups in total. The summed E-state index contributed by atoms with van der Waals surface area (Å²) in [6.07, 6.45) is -0.691. The number of benzene rings is 1. The van der Waals surface area contributed by atoms with E-state index in [9.17, 15) is 19.6 Å². The molecule has 2 heterocycles. The number of fused-ring (bicyclic) bond motifs is 1. The fraction of sp³-hybridized carbons (Fsp3) is 0.500. The van der Waals surface area contributed by atoms with Gasteiger partial charge in [0.15, 0.2) is 0 Å². The molecule has 7 heteroatoms. The first-order chi connectivity index (χ1) is 11.5. The maximum atomic E-state index is 12.5. The fourth-order valence-electron chi connectivity index (χ4n) is 3.81. The summed E-state index contributed by atoms with van der Waals surface area (Å²) in [4.78, 5) is 37.8. The van der Waals surface area contributed by atoms with Gasteiger partial charge >= 0.3 is 6.09 Å². The molecule has 2 aliphatic rings. The van der Waals surface area contributed by atoms with Crippen molar-refractivity contribution in [3.63, 3.8) is 0 Å². The minimum Gasteiger partial charge on any atom is -0.445 e.